The Labute approximate surface area is 143 Å². The lowest BCUT2D eigenvalue weighted by atomic mass is 10.2. The molecule has 0 saturated carbocycles. The normalized spacial score (nSPS) is 12.0. The van der Waals surface area contributed by atoms with Crippen molar-refractivity contribution in [2.75, 3.05) is 0 Å². The maximum atomic E-state index is 12.1. The zero-order chi connectivity index (χ0) is 16.1. The van der Waals surface area contributed by atoms with Gasteiger partial charge in [0.15, 0.2) is 0 Å². The molecule has 1 atom stereocenters. The van der Waals surface area contributed by atoms with E-state index in [1.165, 1.54) is 5.56 Å². The van der Waals surface area contributed by atoms with Crippen molar-refractivity contribution in [3.63, 3.8) is 0 Å². The topological polar surface area (TPSA) is 54.9 Å². The van der Waals surface area contributed by atoms with Crippen LogP contribution in [-0.2, 0) is 11.2 Å². The van der Waals surface area contributed by atoms with Gasteiger partial charge in [-0.3, -0.25) is 9.78 Å². The molecule has 0 aromatic carbocycles. The number of hydrogen-bond acceptors (Lipinski definition) is 5. The van der Waals surface area contributed by atoms with Gasteiger partial charge in [-0.25, -0.2) is 4.98 Å². The Hall–Kier alpha value is -2.05. The summed E-state index contributed by atoms with van der Waals surface area (Å²) in [5.41, 5.74) is 3.18. The quantitative estimate of drug-likeness (QED) is 0.734. The zero-order valence-corrected chi connectivity index (χ0v) is 14.4. The van der Waals surface area contributed by atoms with Crippen LogP contribution in [0.25, 0.3) is 11.3 Å². The van der Waals surface area contributed by atoms with Gasteiger partial charge in [-0.1, -0.05) is 0 Å². The number of thiophene rings is 1. The van der Waals surface area contributed by atoms with Gasteiger partial charge in [-0.2, -0.15) is 11.3 Å². The van der Waals surface area contributed by atoms with Crippen LogP contribution in [0.4, 0.5) is 0 Å². The molecule has 0 spiro atoms. The Bertz CT molecular complexity index is 753. The number of carbonyl (C=O) groups excluding carboxylic acids is 1. The fourth-order valence-electron chi connectivity index (χ4n) is 2.21. The summed E-state index contributed by atoms with van der Waals surface area (Å²) in [6.07, 6.45) is 4.79. The van der Waals surface area contributed by atoms with E-state index in [4.69, 9.17) is 0 Å². The third kappa shape index (κ3) is 4.24. The second-order valence-corrected chi connectivity index (χ2v) is 6.90. The predicted octanol–water partition coefficient (Wildman–Crippen LogP) is 4.08. The van der Waals surface area contributed by atoms with Crippen LogP contribution in [0.1, 0.15) is 30.0 Å². The van der Waals surface area contributed by atoms with Gasteiger partial charge < -0.3 is 5.32 Å². The van der Waals surface area contributed by atoms with Crippen LogP contribution in [0, 0.1) is 0 Å². The van der Waals surface area contributed by atoms with Crippen LogP contribution < -0.4 is 5.32 Å². The number of aryl methyl sites for hydroxylation is 1. The molecule has 3 heterocycles. The minimum absolute atomic E-state index is 0.0596. The molecule has 0 aliphatic rings. The summed E-state index contributed by atoms with van der Waals surface area (Å²) in [5, 5.41) is 10.1. The minimum atomic E-state index is -0.0782. The van der Waals surface area contributed by atoms with Crippen molar-refractivity contribution < 1.29 is 4.79 Å². The van der Waals surface area contributed by atoms with E-state index in [-0.39, 0.29) is 11.9 Å². The average molecular weight is 343 g/mol. The molecule has 118 valence electrons. The molecule has 0 radical (unpaired) electrons. The van der Waals surface area contributed by atoms with Gasteiger partial charge in [0.05, 0.1) is 11.7 Å². The molecule has 23 heavy (non-hydrogen) atoms. The summed E-state index contributed by atoms with van der Waals surface area (Å²) in [4.78, 5) is 20.7. The summed E-state index contributed by atoms with van der Waals surface area (Å²) in [6, 6.07) is 5.85. The van der Waals surface area contributed by atoms with Gasteiger partial charge in [-0.05, 0) is 47.9 Å². The first kappa shape index (κ1) is 15.8. The molecule has 1 amide bonds. The average Bonchev–Trinajstić information content (AvgIpc) is 3.25. The number of aromatic nitrogens is 2. The first-order valence-corrected chi connectivity index (χ1v) is 9.21. The first-order chi connectivity index (χ1) is 11.2. The van der Waals surface area contributed by atoms with E-state index in [0.29, 0.717) is 6.42 Å². The molecule has 0 fully saturated rings. The summed E-state index contributed by atoms with van der Waals surface area (Å²) >= 11 is 3.22. The first-order valence-electron chi connectivity index (χ1n) is 7.38. The highest BCUT2D eigenvalue weighted by molar-refractivity contribution is 7.10. The summed E-state index contributed by atoms with van der Waals surface area (Å²) in [6.45, 7) is 1.97. The smallest absolute Gasteiger partial charge is 0.220 e. The lowest BCUT2D eigenvalue weighted by molar-refractivity contribution is -0.121. The van der Waals surface area contributed by atoms with Gasteiger partial charge in [0.25, 0.3) is 0 Å². The van der Waals surface area contributed by atoms with Crippen molar-refractivity contribution in [1.29, 1.82) is 0 Å². The van der Waals surface area contributed by atoms with Crippen LogP contribution in [0.3, 0.4) is 0 Å². The molecule has 3 aromatic heterocycles. The molecule has 0 unspecified atom stereocenters. The number of pyridine rings is 1. The molecule has 0 aliphatic carbocycles. The molecule has 3 rings (SSSR count). The van der Waals surface area contributed by atoms with Crippen molar-refractivity contribution >= 4 is 28.6 Å². The number of nitrogens with zero attached hydrogens (tertiary/aromatic N) is 2. The molecule has 4 nitrogen and oxygen atoms in total. The monoisotopic (exact) mass is 343 g/mol. The Morgan fingerprint density at radius 3 is 2.83 bits per heavy atom. The van der Waals surface area contributed by atoms with E-state index < -0.39 is 0 Å². The lowest BCUT2D eigenvalue weighted by Crippen LogP contribution is -2.26. The van der Waals surface area contributed by atoms with E-state index >= 15 is 0 Å². The van der Waals surface area contributed by atoms with Gasteiger partial charge in [0, 0.05) is 29.8 Å². The number of nitrogens with one attached hydrogen (secondary N) is 1. The number of hydrogen-bond donors (Lipinski definition) is 1. The minimum Gasteiger partial charge on any atom is -0.347 e. The number of amides is 1. The van der Waals surface area contributed by atoms with Gasteiger partial charge in [-0.15, -0.1) is 11.3 Å². The molecule has 0 aliphatic heterocycles. The lowest BCUT2D eigenvalue weighted by Gasteiger charge is -2.11. The third-order valence-corrected chi connectivity index (χ3v) is 5.23. The SMILES string of the molecule is C[C@H](NC(=O)CCc1ccsc1)c1nc(-c2ccncc2)cs1. The van der Waals surface area contributed by atoms with Crippen molar-refractivity contribution in [3.05, 3.63) is 57.3 Å². The Morgan fingerprint density at radius 2 is 2.09 bits per heavy atom. The Kier molecular flexibility index (Phi) is 5.15. The van der Waals surface area contributed by atoms with Crippen molar-refractivity contribution in [2.24, 2.45) is 0 Å². The molecule has 0 bridgehead atoms. The fourth-order valence-corrected chi connectivity index (χ4v) is 3.75. The molecule has 6 heteroatoms. The fraction of sp³-hybridized carbons (Fsp3) is 0.235. The Morgan fingerprint density at radius 1 is 1.26 bits per heavy atom. The number of carbonyl (C=O) groups is 1. The molecule has 1 N–H and O–H groups in total. The van der Waals surface area contributed by atoms with E-state index in [2.05, 4.69) is 26.7 Å². The molecule has 0 saturated heterocycles. The highest BCUT2D eigenvalue weighted by atomic mass is 32.1. The van der Waals surface area contributed by atoms with Crippen molar-refractivity contribution in [3.8, 4) is 11.3 Å². The van der Waals surface area contributed by atoms with Gasteiger partial charge in [0.1, 0.15) is 5.01 Å². The van der Waals surface area contributed by atoms with E-state index in [1.54, 1.807) is 35.1 Å². The van der Waals surface area contributed by atoms with E-state index in [1.807, 2.05) is 29.8 Å². The maximum absolute atomic E-state index is 12.1. The second kappa shape index (κ2) is 7.48. The molecular formula is C17H17N3OS2. The van der Waals surface area contributed by atoms with Crippen LogP contribution in [-0.4, -0.2) is 15.9 Å². The van der Waals surface area contributed by atoms with Gasteiger partial charge >= 0.3 is 0 Å². The van der Waals surface area contributed by atoms with Crippen molar-refractivity contribution in [1.82, 2.24) is 15.3 Å². The van der Waals surface area contributed by atoms with Crippen LogP contribution in [0.2, 0.25) is 0 Å². The number of rotatable bonds is 6. The summed E-state index contributed by atoms with van der Waals surface area (Å²) < 4.78 is 0. The van der Waals surface area contributed by atoms with Crippen molar-refractivity contribution in [2.45, 2.75) is 25.8 Å². The Balaban J connectivity index is 1.57. The standard InChI is InChI=1S/C17H17N3OS2/c1-12(19-16(21)3-2-13-6-9-22-10-13)17-20-15(11-23-17)14-4-7-18-8-5-14/h4-12H,2-3H2,1H3,(H,19,21)/t12-/m0/s1. The van der Waals surface area contributed by atoms with Crippen LogP contribution in [0.5, 0.6) is 0 Å². The second-order valence-electron chi connectivity index (χ2n) is 5.23. The maximum Gasteiger partial charge on any atom is 0.220 e. The van der Waals surface area contributed by atoms with E-state index in [0.717, 1.165) is 22.7 Å². The number of thiazole rings is 1. The summed E-state index contributed by atoms with van der Waals surface area (Å²) in [5.74, 6) is 0.0596. The van der Waals surface area contributed by atoms with Crippen LogP contribution in [0.15, 0.2) is 46.7 Å². The largest absolute Gasteiger partial charge is 0.347 e. The van der Waals surface area contributed by atoms with Crippen LogP contribution >= 0.6 is 22.7 Å². The van der Waals surface area contributed by atoms with Gasteiger partial charge in [0.2, 0.25) is 5.91 Å². The highest BCUT2D eigenvalue weighted by Crippen LogP contribution is 2.25. The highest BCUT2D eigenvalue weighted by Gasteiger charge is 2.14. The summed E-state index contributed by atoms with van der Waals surface area (Å²) in [7, 11) is 0. The zero-order valence-electron chi connectivity index (χ0n) is 12.7. The van der Waals surface area contributed by atoms with E-state index in [9.17, 15) is 4.79 Å². The molecular weight excluding hydrogens is 326 g/mol. The molecule has 3 aromatic rings. The third-order valence-electron chi connectivity index (χ3n) is 3.47. The predicted molar refractivity (Wildman–Crippen MR) is 94.5 cm³/mol.